The van der Waals surface area contributed by atoms with Gasteiger partial charge >= 0.3 is 0 Å². The molecule has 1 aromatic carbocycles. The molecule has 5 heteroatoms. The molecule has 0 amide bonds. The average molecular weight is 347 g/mol. The average Bonchev–Trinajstić information content (AvgIpc) is 2.32. The number of benzene rings is 1. The lowest BCUT2D eigenvalue weighted by Crippen LogP contribution is -2.00. The Bertz CT molecular complexity index is 575. The van der Waals surface area contributed by atoms with E-state index in [9.17, 15) is 0 Å². The molecule has 0 spiro atoms. The lowest BCUT2D eigenvalue weighted by atomic mass is 10.2. The van der Waals surface area contributed by atoms with Gasteiger partial charge in [0.05, 0.1) is 15.2 Å². The van der Waals surface area contributed by atoms with E-state index in [1.54, 1.807) is 12.1 Å². The summed E-state index contributed by atoms with van der Waals surface area (Å²) in [6.45, 7) is 2.30. The van der Waals surface area contributed by atoms with Crippen LogP contribution in [-0.4, -0.2) is 4.98 Å². The summed E-state index contributed by atoms with van der Waals surface area (Å²) >= 11 is 15.3. The highest BCUT2D eigenvalue weighted by Crippen LogP contribution is 2.27. The molecule has 0 N–H and O–H groups in total. The SMILES string of the molecule is Cc1ccc(OCc2nc(Cl)ccc2Cl)c(Br)c1. The molecule has 0 aliphatic carbocycles. The fourth-order valence-corrected chi connectivity index (χ4v) is 2.36. The topological polar surface area (TPSA) is 22.1 Å². The minimum absolute atomic E-state index is 0.279. The van der Waals surface area contributed by atoms with Crippen molar-refractivity contribution in [2.75, 3.05) is 0 Å². The quantitative estimate of drug-likeness (QED) is 0.726. The van der Waals surface area contributed by atoms with Gasteiger partial charge in [-0.3, -0.25) is 0 Å². The number of halogens is 3. The lowest BCUT2D eigenvalue weighted by molar-refractivity contribution is 0.299. The monoisotopic (exact) mass is 345 g/mol. The van der Waals surface area contributed by atoms with E-state index in [4.69, 9.17) is 27.9 Å². The Labute approximate surface area is 124 Å². The largest absolute Gasteiger partial charge is 0.486 e. The smallest absolute Gasteiger partial charge is 0.134 e. The summed E-state index contributed by atoms with van der Waals surface area (Å²) in [6, 6.07) is 9.22. The van der Waals surface area contributed by atoms with Crippen molar-refractivity contribution in [2.45, 2.75) is 13.5 Å². The van der Waals surface area contributed by atoms with Crippen LogP contribution in [-0.2, 0) is 6.61 Å². The lowest BCUT2D eigenvalue weighted by Gasteiger charge is -2.09. The number of hydrogen-bond acceptors (Lipinski definition) is 2. The van der Waals surface area contributed by atoms with Crippen LogP contribution in [0.4, 0.5) is 0 Å². The van der Waals surface area contributed by atoms with Gasteiger partial charge in [-0.2, -0.15) is 0 Å². The molecule has 0 aliphatic heterocycles. The number of pyridine rings is 1. The zero-order valence-electron chi connectivity index (χ0n) is 9.58. The van der Waals surface area contributed by atoms with Gasteiger partial charge in [0.1, 0.15) is 17.5 Å². The van der Waals surface area contributed by atoms with Crippen LogP contribution in [0.15, 0.2) is 34.8 Å². The van der Waals surface area contributed by atoms with Gasteiger partial charge in [0.2, 0.25) is 0 Å². The number of nitrogens with zero attached hydrogens (tertiary/aromatic N) is 1. The number of aryl methyl sites for hydroxylation is 1. The Morgan fingerprint density at radius 1 is 1.22 bits per heavy atom. The third kappa shape index (κ3) is 3.37. The fourth-order valence-electron chi connectivity index (χ4n) is 1.43. The van der Waals surface area contributed by atoms with E-state index in [0.29, 0.717) is 15.9 Å². The molecule has 0 saturated heterocycles. The molecule has 0 atom stereocenters. The van der Waals surface area contributed by atoms with Gasteiger partial charge in [0.25, 0.3) is 0 Å². The second-order valence-corrected chi connectivity index (χ2v) is 5.43. The first kappa shape index (κ1) is 13.7. The molecule has 0 radical (unpaired) electrons. The summed E-state index contributed by atoms with van der Waals surface area (Å²) in [4.78, 5) is 4.13. The van der Waals surface area contributed by atoms with Crippen molar-refractivity contribution in [1.82, 2.24) is 4.98 Å². The van der Waals surface area contributed by atoms with Crippen molar-refractivity contribution in [2.24, 2.45) is 0 Å². The van der Waals surface area contributed by atoms with Crippen molar-refractivity contribution in [3.63, 3.8) is 0 Å². The summed E-state index contributed by atoms with van der Waals surface area (Å²) in [5, 5.41) is 0.948. The molecule has 2 nitrogen and oxygen atoms in total. The Morgan fingerprint density at radius 3 is 2.72 bits per heavy atom. The van der Waals surface area contributed by atoms with Crippen LogP contribution in [0.3, 0.4) is 0 Å². The van der Waals surface area contributed by atoms with Gasteiger partial charge < -0.3 is 4.74 Å². The Balaban J connectivity index is 2.13. The van der Waals surface area contributed by atoms with Gasteiger partial charge in [-0.1, -0.05) is 29.3 Å². The summed E-state index contributed by atoms with van der Waals surface area (Å²) in [5.74, 6) is 0.749. The van der Waals surface area contributed by atoms with Gasteiger partial charge in [0.15, 0.2) is 0 Å². The number of aromatic nitrogens is 1. The Kier molecular flexibility index (Phi) is 4.49. The van der Waals surface area contributed by atoms with E-state index in [1.165, 1.54) is 0 Å². The fraction of sp³-hybridized carbons (Fsp3) is 0.154. The van der Waals surface area contributed by atoms with Crippen molar-refractivity contribution < 1.29 is 4.74 Å². The van der Waals surface area contributed by atoms with Crippen molar-refractivity contribution in [3.05, 3.63) is 56.2 Å². The van der Waals surface area contributed by atoms with Crippen LogP contribution in [0.2, 0.25) is 10.2 Å². The van der Waals surface area contributed by atoms with Gasteiger partial charge in [0, 0.05) is 0 Å². The molecule has 18 heavy (non-hydrogen) atoms. The first-order valence-corrected chi connectivity index (χ1v) is 6.81. The Morgan fingerprint density at radius 2 is 2.00 bits per heavy atom. The number of ether oxygens (including phenoxy) is 1. The standard InChI is InChI=1S/C13H10BrCl2NO/c1-8-2-4-12(9(14)6-8)18-7-11-10(15)3-5-13(16)17-11/h2-6H,7H2,1H3. The van der Waals surface area contributed by atoms with E-state index in [0.717, 1.165) is 15.8 Å². The summed E-state index contributed by atoms with van der Waals surface area (Å²) < 4.78 is 6.56. The highest BCUT2D eigenvalue weighted by molar-refractivity contribution is 9.10. The highest BCUT2D eigenvalue weighted by atomic mass is 79.9. The van der Waals surface area contributed by atoms with Crippen molar-refractivity contribution in [1.29, 1.82) is 0 Å². The first-order chi connectivity index (χ1) is 8.56. The minimum atomic E-state index is 0.279. The zero-order chi connectivity index (χ0) is 13.1. The predicted octanol–water partition coefficient (Wildman–Crippen LogP) is 5.04. The van der Waals surface area contributed by atoms with Crippen LogP contribution in [0.5, 0.6) is 5.75 Å². The van der Waals surface area contributed by atoms with E-state index >= 15 is 0 Å². The summed E-state index contributed by atoms with van der Waals surface area (Å²) in [5.41, 5.74) is 1.78. The third-order valence-corrected chi connectivity index (χ3v) is 3.51. The Hall–Kier alpha value is -0.770. The molecule has 0 unspecified atom stereocenters. The molecule has 0 saturated carbocycles. The second-order valence-electron chi connectivity index (χ2n) is 3.79. The number of rotatable bonds is 3. The molecule has 0 bridgehead atoms. The van der Waals surface area contributed by atoms with E-state index < -0.39 is 0 Å². The molecular weight excluding hydrogens is 337 g/mol. The van der Waals surface area contributed by atoms with Crippen LogP contribution >= 0.6 is 39.1 Å². The van der Waals surface area contributed by atoms with Gasteiger partial charge in [-0.15, -0.1) is 0 Å². The van der Waals surface area contributed by atoms with Crippen molar-refractivity contribution in [3.8, 4) is 5.75 Å². The normalized spacial score (nSPS) is 10.4. The van der Waals surface area contributed by atoms with Crippen LogP contribution < -0.4 is 4.74 Å². The van der Waals surface area contributed by atoms with Crippen LogP contribution in [0, 0.1) is 6.92 Å². The molecule has 0 aliphatic rings. The van der Waals surface area contributed by atoms with Crippen molar-refractivity contribution >= 4 is 39.1 Å². The van der Waals surface area contributed by atoms with Crippen LogP contribution in [0.1, 0.15) is 11.3 Å². The molecular formula is C13H10BrCl2NO. The third-order valence-electron chi connectivity index (χ3n) is 2.34. The molecule has 1 heterocycles. The maximum atomic E-state index is 6.01. The first-order valence-electron chi connectivity index (χ1n) is 5.26. The van der Waals surface area contributed by atoms with E-state index in [2.05, 4.69) is 20.9 Å². The minimum Gasteiger partial charge on any atom is -0.486 e. The summed E-state index contributed by atoms with van der Waals surface area (Å²) in [7, 11) is 0. The highest BCUT2D eigenvalue weighted by Gasteiger charge is 2.06. The number of hydrogen-bond donors (Lipinski definition) is 0. The molecule has 0 fully saturated rings. The van der Waals surface area contributed by atoms with E-state index in [-0.39, 0.29) is 6.61 Å². The maximum Gasteiger partial charge on any atom is 0.134 e. The van der Waals surface area contributed by atoms with Crippen LogP contribution in [0.25, 0.3) is 0 Å². The maximum absolute atomic E-state index is 6.01. The van der Waals surface area contributed by atoms with Gasteiger partial charge in [-0.05, 0) is 52.7 Å². The molecule has 2 aromatic rings. The van der Waals surface area contributed by atoms with E-state index in [1.807, 2.05) is 25.1 Å². The second kappa shape index (κ2) is 5.91. The predicted molar refractivity (Wildman–Crippen MR) is 77.5 cm³/mol. The molecule has 2 rings (SSSR count). The molecule has 94 valence electrons. The zero-order valence-corrected chi connectivity index (χ0v) is 12.7. The van der Waals surface area contributed by atoms with Gasteiger partial charge in [-0.25, -0.2) is 4.98 Å². The summed E-state index contributed by atoms with van der Waals surface area (Å²) in [6.07, 6.45) is 0. The molecule has 1 aromatic heterocycles.